The van der Waals surface area contributed by atoms with Gasteiger partial charge in [0.2, 0.25) is 0 Å². The summed E-state index contributed by atoms with van der Waals surface area (Å²) in [6.07, 6.45) is 0. The zero-order valence-electron chi connectivity index (χ0n) is 15.8. The monoisotopic (exact) mass is 563 g/mol. The molecular formula is C25H15BrIN3. The third-order valence-electron chi connectivity index (χ3n) is 4.86. The van der Waals surface area contributed by atoms with Crippen molar-refractivity contribution in [1.29, 1.82) is 0 Å². The normalized spacial score (nSPS) is 11.0. The summed E-state index contributed by atoms with van der Waals surface area (Å²) in [6.45, 7) is 0. The van der Waals surface area contributed by atoms with Gasteiger partial charge in [-0.25, -0.2) is 15.0 Å². The second-order valence-electron chi connectivity index (χ2n) is 6.81. The molecule has 0 fully saturated rings. The van der Waals surface area contributed by atoms with Crippen LogP contribution in [0, 0.1) is 3.57 Å². The van der Waals surface area contributed by atoms with E-state index in [1.165, 1.54) is 5.39 Å². The molecular weight excluding hydrogens is 549 g/mol. The molecule has 0 N–H and O–H groups in total. The fourth-order valence-electron chi connectivity index (χ4n) is 3.40. The van der Waals surface area contributed by atoms with Crippen LogP contribution in [-0.4, -0.2) is 15.0 Å². The van der Waals surface area contributed by atoms with E-state index >= 15 is 0 Å². The van der Waals surface area contributed by atoms with E-state index in [2.05, 4.69) is 62.8 Å². The van der Waals surface area contributed by atoms with Crippen LogP contribution >= 0.6 is 38.5 Å². The highest BCUT2D eigenvalue weighted by Crippen LogP contribution is 2.38. The predicted octanol–water partition coefficient (Wildman–Crippen LogP) is 7.39. The molecule has 3 nitrogen and oxygen atoms in total. The van der Waals surface area contributed by atoms with Crippen molar-refractivity contribution in [3.8, 4) is 34.2 Å². The minimum absolute atomic E-state index is 0.657. The first-order valence-corrected chi connectivity index (χ1v) is 11.3. The first-order chi connectivity index (χ1) is 14.7. The Kier molecular flexibility index (Phi) is 5.31. The van der Waals surface area contributed by atoms with Gasteiger partial charge in [0.05, 0.1) is 0 Å². The zero-order valence-corrected chi connectivity index (χ0v) is 19.5. The molecule has 0 unspecified atom stereocenters. The van der Waals surface area contributed by atoms with Crippen LogP contribution in [0.15, 0.2) is 95.5 Å². The van der Waals surface area contributed by atoms with Crippen LogP contribution in [0.5, 0.6) is 0 Å². The van der Waals surface area contributed by atoms with Gasteiger partial charge in [-0.05, 0) is 55.4 Å². The van der Waals surface area contributed by atoms with E-state index in [0.29, 0.717) is 17.5 Å². The molecule has 30 heavy (non-hydrogen) atoms. The Morgan fingerprint density at radius 1 is 0.600 bits per heavy atom. The van der Waals surface area contributed by atoms with Crippen LogP contribution in [0.2, 0.25) is 0 Å². The van der Waals surface area contributed by atoms with E-state index in [1.54, 1.807) is 0 Å². The topological polar surface area (TPSA) is 38.7 Å². The summed E-state index contributed by atoms with van der Waals surface area (Å²) in [5.74, 6) is 1.98. The lowest BCUT2D eigenvalue weighted by Gasteiger charge is -2.12. The van der Waals surface area contributed by atoms with Gasteiger partial charge < -0.3 is 0 Å². The first kappa shape index (κ1) is 19.3. The number of nitrogens with zero attached hydrogens (tertiary/aromatic N) is 3. The van der Waals surface area contributed by atoms with Crippen molar-refractivity contribution in [2.75, 3.05) is 0 Å². The van der Waals surface area contributed by atoms with Crippen molar-refractivity contribution in [3.05, 3.63) is 99.0 Å². The van der Waals surface area contributed by atoms with Gasteiger partial charge in [-0.3, -0.25) is 0 Å². The molecule has 5 aromatic rings. The van der Waals surface area contributed by atoms with Gasteiger partial charge in [0.25, 0.3) is 0 Å². The molecule has 1 heterocycles. The van der Waals surface area contributed by atoms with E-state index in [0.717, 1.165) is 30.1 Å². The van der Waals surface area contributed by atoms with Crippen molar-refractivity contribution in [3.63, 3.8) is 0 Å². The molecule has 0 saturated carbocycles. The molecule has 0 bridgehead atoms. The SMILES string of the molecule is Brc1c(-c2nc(-c3ccccc3)nc(-c3ccccc3)n2)c(I)cc2ccccc12. The summed E-state index contributed by atoms with van der Waals surface area (Å²) < 4.78 is 2.08. The minimum Gasteiger partial charge on any atom is -0.208 e. The molecule has 144 valence electrons. The first-order valence-electron chi connectivity index (χ1n) is 9.45. The van der Waals surface area contributed by atoms with Crippen molar-refractivity contribution < 1.29 is 0 Å². The summed E-state index contributed by atoms with van der Waals surface area (Å²) in [5.41, 5.74) is 2.90. The highest BCUT2D eigenvalue weighted by Gasteiger charge is 2.18. The molecule has 5 rings (SSSR count). The lowest BCUT2D eigenvalue weighted by atomic mass is 10.1. The second kappa shape index (κ2) is 8.24. The fraction of sp³-hybridized carbons (Fsp3) is 0. The highest BCUT2D eigenvalue weighted by molar-refractivity contribution is 14.1. The maximum absolute atomic E-state index is 4.87. The molecule has 1 aromatic heterocycles. The summed E-state index contributed by atoms with van der Waals surface area (Å²) in [5, 5.41) is 2.31. The Morgan fingerprint density at radius 2 is 1.10 bits per heavy atom. The van der Waals surface area contributed by atoms with E-state index in [-0.39, 0.29) is 0 Å². The maximum Gasteiger partial charge on any atom is 0.166 e. The Bertz CT molecular complexity index is 1300. The predicted molar refractivity (Wildman–Crippen MR) is 134 cm³/mol. The van der Waals surface area contributed by atoms with Crippen LogP contribution in [0.3, 0.4) is 0 Å². The summed E-state index contributed by atoms with van der Waals surface area (Å²) >= 11 is 6.19. The van der Waals surface area contributed by atoms with Gasteiger partial charge >= 0.3 is 0 Å². The van der Waals surface area contributed by atoms with Gasteiger partial charge in [0.15, 0.2) is 17.5 Å². The maximum atomic E-state index is 4.87. The van der Waals surface area contributed by atoms with Gasteiger partial charge in [-0.15, -0.1) is 0 Å². The molecule has 0 aliphatic carbocycles. The van der Waals surface area contributed by atoms with Crippen molar-refractivity contribution in [1.82, 2.24) is 15.0 Å². The highest BCUT2D eigenvalue weighted by atomic mass is 127. The molecule has 0 radical (unpaired) electrons. The van der Waals surface area contributed by atoms with Crippen LogP contribution in [0.1, 0.15) is 0 Å². The summed E-state index contributed by atoms with van der Waals surface area (Å²) in [4.78, 5) is 14.5. The molecule has 5 heteroatoms. The minimum atomic E-state index is 0.657. The van der Waals surface area contributed by atoms with Crippen molar-refractivity contribution in [2.24, 2.45) is 0 Å². The smallest absolute Gasteiger partial charge is 0.166 e. The lowest BCUT2D eigenvalue weighted by Crippen LogP contribution is -2.01. The van der Waals surface area contributed by atoms with Crippen LogP contribution in [0.4, 0.5) is 0 Å². The molecule has 0 amide bonds. The number of aromatic nitrogens is 3. The quantitative estimate of drug-likeness (QED) is 0.215. The van der Waals surface area contributed by atoms with E-state index in [1.807, 2.05) is 66.7 Å². The summed E-state index contributed by atoms with van der Waals surface area (Å²) in [7, 11) is 0. The van der Waals surface area contributed by atoms with Crippen LogP contribution in [-0.2, 0) is 0 Å². The zero-order chi connectivity index (χ0) is 20.5. The largest absolute Gasteiger partial charge is 0.208 e. The Morgan fingerprint density at radius 3 is 1.70 bits per heavy atom. The lowest BCUT2D eigenvalue weighted by molar-refractivity contribution is 1.07. The van der Waals surface area contributed by atoms with Crippen molar-refractivity contribution in [2.45, 2.75) is 0 Å². The molecule has 0 saturated heterocycles. The molecule has 0 atom stereocenters. The molecule has 0 aliphatic heterocycles. The number of rotatable bonds is 3. The van der Waals surface area contributed by atoms with E-state index < -0.39 is 0 Å². The molecule has 0 spiro atoms. The standard InChI is InChI=1S/C25H15BrIN3/c26-22-19-14-8-7-13-18(19)15-20(27)21(22)25-29-23(16-9-3-1-4-10-16)28-24(30-25)17-11-5-2-6-12-17/h1-15H. The third kappa shape index (κ3) is 3.63. The molecule has 0 aliphatic rings. The van der Waals surface area contributed by atoms with E-state index in [9.17, 15) is 0 Å². The Hall–Kier alpha value is -2.64. The number of benzene rings is 4. The van der Waals surface area contributed by atoms with Gasteiger partial charge in [-0.2, -0.15) is 0 Å². The average molecular weight is 564 g/mol. The van der Waals surface area contributed by atoms with E-state index in [4.69, 9.17) is 15.0 Å². The number of fused-ring (bicyclic) bond motifs is 1. The second-order valence-corrected chi connectivity index (χ2v) is 8.76. The molecule has 4 aromatic carbocycles. The average Bonchev–Trinajstić information content (AvgIpc) is 2.80. The van der Waals surface area contributed by atoms with Gasteiger partial charge in [0, 0.05) is 24.7 Å². The summed E-state index contributed by atoms with van der Waals surface area (Å²) in [6, 6.07) is 30.5. The van der Waals surface area contributed by atoms with Crippen molar-refractivity contribution >= 4 is 49.3 Å². The Labute approximate surface area is 196 Å². The fourth-order valence-corrected chi connectivity index (χ4v) is 5.37. The number of hydrogen-bond acceptors (Lipinski definition) is 3. The number of hydrogen-bond donors (Lipinski definition) is 0. The van der Waals surface area contributed by atoms with Gasteiger partial charge in [0.1, 0.15) is 0 Å². The third-order valence-corrected chi connectivity index (χ3v) is 6.54. The Balaban J connectivity index is 1.79. The van der Waals surface area contributed by atoms with Crippen LogP contribution < -0.4 is 0 Å². The van der Waals surface area contributed by atoms with Gasteiger partial charge in [-0.1, -0.05) is 84.9 Å². The number of halogens is 2. The van der Waals surface area contributed by atoms with Crippen LogP contribution in [0.25, 0.3) is 44.9 Å².